The summed E-state index contributed by atoms with van der Waals surface area (Å²) in [6, 6.07) is 0.749. The van der Waals surface area contributed by atoms with Gasteiger partial charge in [0, 0.05) is 51.4 Å². The second-order valence-corrected chi connectivity index (χ2v) is 7.44. The Morgan fingerprint density at radius 3 is 1.50 bits per heavy atom. The summed E-state index contributed by atoms with van der Waals surface area (Å²) < 4.78 is 10.8. The summed E-state index contributed by atoms with van der Waals surface area (Å²) in [6.07, 6.45) is 0. The molecule has 0 saturated carbocycles. The maximum atomic E-state index is 12.1. The largest absolute Gasteiger partial charge is 0.369 e. The maximum absolute atomic E-state index is 12.1. The molecule has 2 aliphatic rings. The maximum Gasteiger partial charge on any atom is 0.248 e. The molecule has 0 radical (unpaired) electrons. The van der Waals surface area contributed by atoms with E-state index in [9.17, 15) is 9.59 Å². The van der Waals surface area contributed by atoms with Crippen molar-refractivity contribution in [2.75, 3.05) is 79.8 Å². The fraction of sp³-hybridized carbons (Fsp3) is 0.889. The third-order valence-corrected chi connectivity index (χ3v) is 5.45. The summed E-state index contributed by atoms with van der Waals surface area (Å²) in [4.78, 5) is 32.5. The van der Waals surface area contributed by atoms with Crippen LogP contribution in [0.15, 0.2) is 0 Å². The first-order valence-electron chi connectivity index (χ1n) is 9.50. The smallest absolute Gasteiger partial charge is 0.248 e. The molecule has 26 heavy (non-hydrogen) atoms. The van der Waals surface area contributed by atoms with Crippen LogP contribution in [0.3, 0.4) is 0 Å². The lowest BCUT2D eigenvalue weighted by Crippen LogP contribution is -2.53. The number of rotatable bonds is 7. The van der Waals surface area contributed by atoms with Crippen molar-refractivity contribution >= 4 is 11.8 Å². The van der Waals surface area contributed by atoms with Crippen LogP contribution < -0.4 is 0 Å². The lowest BCUT2D eigenvalue weighted by Gasteiger charge is -2.37. The van der Waals surface area contributed by atoms with Gasteiger partial charge >= 0.3 is 0 Å². The van der Waals surface area contributed by atoms with Gasteiger partial charge in [-0.05, 0) is 27.9 Å². The first kappa shape index (κ1) is 21.1. The van der Waals surface area contributed by atoms with Gasteiger partial charge < -0.3 is 29.1 Å². The van der Waals surface area contributed by atoms with Crippen molar-refractivity contribution in [3.63, 3.8) is 0 Å². The third-order valence-electron chi connectivity index (χ3n) is 5.45. The molecule has 2 saturated heterocycles. The van der Waals surface area contributed by atoms with Crippen LogP contribution in [0.1, 0.15) is 13.8 Å². The van der Waals surface area contributed by atoms with Crippen LogP contribution in [0.5, 0.6) is 0 Å². The lowest BCUT2D eigenvalue weighted by molar-refractivity contribution is -0.142. The Morgan fingerprint density at radius 2 is 1.15 bits per heavy atom. The minimum Gasteiger partial charge on any atom is -0.369 e. The van der Waals surface area contributed by atoms with E-state index in [0.29, 0.717) is 25.3 Å². The minimum absolute atomic E-state index is 0.0208. The molecule has 150 valence electrons. The third kappa shape index (κ3) is 6.19. The van der Waals surface area contributed by atoms with E-state index in [-0.39, 0.29) is 25.0 Å². The van der Waals surface area contributed by atoms with Gasteiger partial charge in [0.25, 0.3) is 0 Å². The Labute approximate surface area is 157 Å². The van der Waals surface area contributed by atoms with Crippen molar-refractivity contribution in [3.8, 4) is 0 Å². The number of carbonyl (C=O) groups is 2. The molecule has 0 spiro atoms. The number of hydrogen-bond donors (Lipinski definition) is 0. The molecule has 0 aliphatic carbocycles. The van der Waals surface area contributed by atoms with Crippen LogP contribution in [-0.2, 0) is 19.1 Å². The van der Waals surface area contributed by atoms with Crippen LogP contribution in [0, 0.1) is 0 Å². The quantitative estimate of drug-likeness (QED) is 0.555. The predicted octanol–water partition coefficient (Wildman–Crippen LogP) is -0.655. The van der Waals surface area contributed by atoms with E-state index in [1.165, 1.54) is 0 Å². The van der Waals surface area contributed by atoms with E-state index >= 15 is 0 Å². The fourth-order valence-corrected chi connectivity index (χ4v) is 3.17. The molecule has 0 aromatic heterocycles. The Bertz CT molecular complexity index is 434. The van der Waals surface area contributed by atoms with Crippen LogP contribution in [0.25, 0.3) is 0 Å². The van der Waals surface area contributed by atoms with E-state index in [0.717, 1.165) is 39.3 Å². The molecular formula is C18H34N4O4. The molecule has 0 aromatic carbocycles. The highest BCUT2D eigenvalue weighted by atomic mass is 16.5. The molecule has 2 fully saturated rings. The van der Waals surface area contributed by atoms with Crippen LogP contribution in [-0.4, -0.2) is 123 Å². The molecule has 0 bridgehead atoms. The predicted molar refractivity (Wildman–Crippen MR) is 99.0 cm³/mol. The standard InChI is InChI=1S/C18H34N4O4/c1-15-11-21(7-5-19(15)3)17(23)13-25-9-10-26-14-18(24)22-8-6-20(4)16(2)12-22/h15-16H,5-14H2,1-4H3. The Balaban J connectivity index is 1.52. The summed E-state index contributed by atoms with van der Waals surface area (Å²) in [5, 5.41) is 0. The minimum atomic E-state index is 0.0208. The molecule has 8 nitrogen and oxygen atoms in total. The molecule has 0 aromatic rings. The second kappa shape index (κ2) is 10.2. The van der Waals surface area contributed by atoms with Crippen LogP contribution >= 0.6 is 0 Å². The molecule has 2 aliphatic heterocycles. The number of likely N-dealkylation sites (N-methyl/N-ethyl adjacent to an activating group) is 2. The van der Waals surface area contributed by atoms with Crippen molar-refractivity contribution in [3.05, 3.63) is 0 Å². The molecule has 2 unspecified atom stereocenters. The van der Waals surface area contributed by atoms with Gasteiger partial charge in [-0.3, -0.25) is 9.59 Å². The summed E-state index contributed by atoms with van der Waals surface area (Å²) in [5.74, 6) is 0.0416. The van der Waals surface area contributed by atoms with Crippen molar-refractivity contribution in [2.45, 2.75) is 25.9 Å². The van der Waals surface area contributed by atoms with Crippen molar-refractivity contribution < 1.29 is 19.1 Å². The van der Waals surface area contributed by atoms with Gasteiger partial charge in [0.1, 0.15) is 13.2 Å². The van der Waals surface area contributed by atoms with Gasteiger partial charge in [0.2, 0.25) is 11.8 Å². The number of piperazine rings is 2. The van der Waals surface area contributed by atoms with Crippen LogP contribution in [0.4, 0.5) is 0 Å². The molecular weight excluding hydrogens is 336 g/mol. The SMILES string of the molecule is CC1CN(C(=O)COCCOCC(=O)N2CCN(C)C(C)C2)CCN1C. The fourth-order valence-electron chi connectivity index (χ4n) is 3.17. The first-order chi connectivity index (χ1) is 12.4. The zero-order valence-corrected chi connectivity index (χ0v) is 16.6. The molecule has 8 heteroatoms. The van der Waals surface area contributed by atoms with Gasteiger partial charge in [0.05, 0.1) is 13.2 Å². The summed E-state index contributed by atoms with van der Waals surface area (Å²) >= 11 is 0. The van der Waals surface area contributed by atoms with Crippen molar-refractivity contribution in [1.29, 1.82) is 0 Å². The number of amides is 2. The molecule has 2 rings (SSSR count). The average molecular weight is 370 g/mol. The summed E-state index contributed by atoms with van der Waals surface area (Å²) in [5.41, 5.74) is 0. The number of carbonyl (C=O) groups excluding carboxylic acids is 2. The van der Waals surface area contributed by atoms with E-state index in [2.05, 4.69) is 37.7 Å². The zero-order chi connectivity index (χ0) is 19.1. The highest BCUT2D eigenvalue weighted by Crippen LogP contribution is 2.08. The monoisotopic (exact) mass is 370 g/mol. The van der Waals surface area contributed by atoms with E-state index < -0.39 is 0 Å². The van der Waals surface area contributed by atoms with E-state index in [4.69, 9.17) is 9.47 Å². The normalized spacial score (nSPS) is 25.5. The van der Waals surface area contributed by atoms with Crippen LogP contribution in [0.2, 0.25) is 0 Å². The Morgan fingerprint density at radius 1 is 0.769 bits per heavy atom. The average Bonchev–Trinajstić information content (AvgIpc) is 2.62. The second-order valence-electron chi connectivity index (χ2n) is 7.44. The van der Waals surface area contributed by atoms with Gasteiger partial charge in [-0.25, -0.2) is 0 Å². The van der Waals surface area contributed by atoms with Gasteiger partial charge in [0.15, 0.2) is 0 Å². The number of hydrogen-bond acceptors (Lipinski definition) is 6. The number of nitrogens with zero attached hydrogens (tertiary/aromatic N) is 4. The van der Waals surface area contributed by atoms with Crippen molar-refractivity contribution in [2.24, 2.45) is 0 Å². The Kier molecular flexibility index (Phi) is 8.27. The van der Waals surface area contributed by atoms with E-state index in [1.54, 1.807) is 0 Å². The van der Waals surface area contributed by atoms with E-state index in [1.807, 2.05) is 9.80 Å². The van der Waals surface area contributed by atoms with Gasteiger partial charge in [-0.2, -0.15) is 0 Å². The number of ether oxygens (including phenoxy) is 2. The highest BCUT2D eigenvalue weighted by Gasteiger charge is 2.25. The highest BCUT2D eigenvalue weighted by molar-refractivity contribution is 5.78. The Hall–Kier alpha value is -1.22. The zero-order valence-electron chi connectivity index (χ0n) is 16.6. The molecule has 2 amide bonds. The first-order valence-corrected chi connectivity index (χ1v) is 9.50. The summed E-state index contributed by atoms with van der Waals surface area (Å²) in [7, 11) is 4.15. The molecule has 0 N–H and O–H groups in total. The molecule has 2 heterocycles. The van der Waals surface area contributed by atoms with Gasteiger partial charge in [-0.15, -0.1) is 0 Å². The topological polar surface area (TPSA) is 65.6 Å². The van der Waals surface area contributed by atoms with Crippen molar-refractivity contribution in [1.82, 2.24) is 19.6 Å². The van der Waals surface area contributed by atoms with Gasteiger partial charge in [-0.1, -0.05) is 0 Å². The lowest BCUT2D eigenvalue weighted by atomic mass is 10.2. The summed E-state index contributed by atoms with van der Waals surface area (Å²) in [6.45, 7) is 9.79. The molecule has 2 atom stereocenters.